The van der Waals surface area contributed by atoms with Gasteiger partial charge in [0.25, 0.3) is 0 Å². The van der Waals surface area contributed by atoms with Gasteiger partial charge in [-0.15, -0.1) is 0 Å². The Morgan fingerprint density at radius 3 is 2.45 bits per heavy atom. The SMILES string of the molecule is CC(C)N(C(=O)C1CC(=O)C=C2NC[C@H]3[C@@H]4CCC[C@@]4(C)CC[C@@H]3[C@]21C)C(C)C. The summed E-state index contributed by atoms with van der Waals surface area (Å²) in [4.78, 5) is 28.5. The van der Waals surface area contributed by atoms with Gasteiger partial charge in [-0.2, -0.15) is 0 Å². The Kier molecular flexibility index (Phi) is 5.15. The lowest BCUT2D eigenvalue weighted by Crippen LogP contribution is -2.61. The Morgan fingerprint density at radius 1 is 1.10 bits per heavy atom. The molecule has 0 aromatic heterocycles. The van der Waals surface area contributed by atoms with Crippen molar-refractivity contribution < 1.29 is 9.59 Å². The van der Waals surface area contributed by atoms with E-state index in [-0.39, 0.29) is 35.1 Å². The van der Waals surface area contributed by atoms with Gasteiger partial charge in [0.2, 0.25) is 5.91 Å². The van der Waals surface area contributed by atoms with Crippen LogP contribution in [0.1, 0.15) is 80.1 Å². The molecule has 4 aliphatic rings. The highest BCUT2D eigenvalue weighted by Gasteiger charge is 2.60. The fourth-order valence-corrected chi connectivity index (χ4v) is 7.84. The fourth-order valence-electron chi connectivity index (χ4n) is 7.84. The highest BCUT2D eigenvalue weighted by Crippen LogP contribution is 2.63. The maximum Gasteiger partial charge on any atom is 0.227 e. The van der Waals surface area contributed by atoms with Gasteiger partial charge in [-0.05, 0) is 76.5 Å². The highest BCUT2D eigenvalue weighted by molar-refractivity contribution is 5.96. The minimum atomic E-state index is -0.250. The van der Waals surface area contributed by atoms with Crippen LogP contribution in [0.25, 0.3) is 0 Å². The van der Waals surface area contributed by atoms with Gasteiger partial charge in [-0.1, -0.05) is 20.3 Å². The first kappa shape index (κ1) is 20.9. The maximum absolute atomic E-state index is 13.9. The summed E-state index contributed by atoms with van der Waals surface area (Å²) >= 11 is 0. The van der Waals surface area contributed by atoms with E-state index in [4.69, 9.17) is 0 Å². The first-order valence-corrected chi connectivity index (χ1v) is 11.9. The zero-order valence-electron chi connectivity index (χ0n) is 19.3. The molecule has 0 aromatic rings. The molecule has 3 aliphatic carbocycles. The number of hydrogen-bond acceptors (Lipinski definition) is 3. The number of piperidine rings is 1. The van der Waals surface area contributed by atoms with Crippen LogP contribution in [0.2, 0.25) is 0 Å². The molecule has 1 aliphatic heterocycles. The van der Waals surface area contributed by atoms with E-state index in [0.29, 0.717) is 23.7 Å². The summed E-state index contributed by atoms with van der Waals surface area (Å²) in [6.45, 7) is 14.1. The Bertz CT molecular complexity index is 718. The largest absolute Gasteiger partial charge is 0.387 e. The average molecular weight is 401 g/mol. The number of carbonyl (C=O) groups excluding carboxylic acids is 2. The van der Waals surface area contributed by atoms with E-state index in [1.165, 1.54) is 32.1 Å². The van der Waals surface area contributed by atoms with Crippen molar-refractivity contribution in [3.8, 4) is 0 Å². The maximum atomic E-state index is 13.9. The van der Waals surface area contributed by atoms with Crippen molar-refractivity contribution in [2.24, 2.45) is 34.5 Å². The van der Waals surface area contributed by atoms with Crippen LogP contribution in [-0.4, -0.2) is 35.2 Å². The Labute approximate surface area is 176 Å². The predicted molar refractivity (Wildman–Crippen MR) is 116 cm³/mol. The zero-order chi connectivity index (χ0) is 21.1. The molecule has 1 N–H and O–H groups in total. The molecule has 0 spiro atoms. The summed E-state index contributed by atoms with van der Waals surface area (Å²) in [5.74, 6) is 1.91. The molecular weight excluding hydrogens is 360 g/mol. The summed E-state index contributed by atoms with van der Waals surface area (Å²) in [6, 6.07) is 0.291. The smallest absolute Gasteiger partial charge is 0.227 e. The molecule has 162 valence electrons. The standard InChI is InChI=1S/C25H40N2O2/c1-15(2)27(16(3)4)23(29)21-12-17(28)13-22-25(21,6)20-9-11-24(5)10-7-8-19(24)18(20)14-26-22/h13,15-16,18-21,26H,7-12,14H2,1-6H3/t18-,19-,20-,21?,24-,25-/m0/s1. The van der Waals surface area contributed by atoms with E-state index in [1.807, 2.05) is 11.0 Å². The molecule has 2 saturated carbocycles. The summed E-state index contributed by atoms with van der Waals surface area (Å²) in [6.07, 6.45) is 8.69. The van der Waals surface area contributed by atoms with Gasteiger partial charge in [0, 0.05) is 42.2 Å². The van der Waals surface area contributed by atoms with E-state index >= 15 is 0 Å². The molecule has 1 unspecified atom stereocenters. The third-order valence-corrected chi connectivity index (χ3v) is 9.20. The third kappa shape index (κ3) is 3.08. The number of fused-ring (bicyclic) bond motifs is 5. The molecule has 4 nitrogen and oxygen atoms in total. The van der Waals surface area contributed by atoms with Crippen LogP contribution >= 0.6 is 0 Å². The first-order chi connectivity index (χ1) is 13.6. The molecule has 29 heavy (non-hydrogen) atoms. The van der Waals surface area contributed by atoms with Crippen LogP contribution in [0.15, 0.2) is 11.8 Å². The van der Waals surface area contributed by atoms with Crippen LogP contribution in [0.4, 0.5) is 0 Å². The summed E-state index contributed by atoms with van der Waals surface area (Å²) in [7, 11) is 0. The Balaban J connectivity index is 1.73. The molecule has 0 bridgehead atoms. The van der Waals surface area contributed by atoms with Crippen LogP contribution in [0.5, 0.6) is 0 Å². The highest BCUT2D eigenvalue weighted by atomic mass is 16.2. The molecule has 3 fully saturated rings. The minimum Gasteiger partial charge on any atom is -0.387 e. The van der Waals surface area contributed by atoms with Gasteiger partial charge in [-0.3, -0.25) is 9.59 Å². The van der Waals surface area contributed by atoms with Gasteiger partial charge in [0.1, 0.15) is 0 Å². The van der Waals surface area contributed by atoms with Gasteiger partial charge >= 0.3 is 0 Å². The van der Waals surface area contributed by atoms with Crippen molar-refractivity contribution in [1.29, 1.82) is 0 Å². The fraction of sp³-hybridized carbons (Fsp3) is 0.840. The molecular formula is C25H40N2O2. The number of hydrogen-bond donors (Lipinski definition) is 1. The van der Waals surface area contributed by atoms with E-state index in [1.54, 1.807) is 0 Å². The lowest BCUT2D eigenvalue weighted by molar-refractivity contribution is -0.151. The van der Waals surface area contributed by atoms with E-state index in [0.717, 1.165) is 18.2 Å². The second kappa shape index (κ2) is 7.13. The van der Waals surface area contributed by atoms with Crippen LogP contribution in [0.3, 0.4) is 0 Å². The summed E-state index contributed by atoms with van der Waals surface area (Å²) in [5.41, 5.74) is 1.27. The van der Waals surface area contributed by atoms with Crippen molar-refractivity contribution in [2.75, 3.05) is 6.54 Å². The van der Waals surface area contributed by atoms with E-state index < -0.39 is 0 Å². The molecule has 4 heteroatoms. The second-order valence-corrected chi connectivity index (χ2v) is 11.3. The molecule has 4 rings (SSSR count). The topological polar surface area (TPSA) is 49.4 Å². The average Bonchev–Trinajstić information content (AvgIpc) is 3.02. The van der Waals surface area contributed by atoms with Gasteiger partial charge in [0.15, 0.2) is 5.78 Å². The van der Waals surface area contributed by atoms with Crippen LogP contribution in [0, 0.1) is 34.5 Å². The van der Waals surface area contributed by atoms with Crippen LogP contribution < -0.4 is 5.32 Å². The van der Waals surface area contributed by atoms with Crippen molar-refractivity contribution >= 4 is 11.7 Å². The summed E-state index contributed by atoms with van der Waals surface area (Å²) in [5, 5.41) is 3.67. The number of allylic oxidation sites excluding steroid dienone is 2. The number of amides is 1. The lowest BCUT2D eigenvalue weighted by Gasteiger charge is -2.59. The number of rotatable bonds is 3. The quantitative estimate of drug-likeness (QED) is 0.756. The van der Waals surface area contributed by atoms with Gasteiger partial charge in [0.05, 0.1) is 5.92 Å². The Morgan fingerprint density at radius 2 is 1.79 bits per heavy atom. The molecule has 0 aromatic carbocycles. The monoisotopic (exact) mass is 400 g/mol. The van der Waals surface area contributed by atoms with E-state index in [9.17, 15) is 9.59 Å². The molecule has 1 amide bonds. The van der Waals surface area contributed by atoms with Crippen molar-refractivity contribution in [2.45, 2.75) is 92.2 Å². The molecule has 0 radical (unpaired) electrons. The second-order valence-electron chi connectivity index (χ2n) is 11.3. The lowest BCUT2D eigenvalue weighted by atomic mass is 9.48. The van der Waals surface area contributed by atoms with Crippen molar-refractivity contribution in [1.82, 2.24) is 10.2 Å². The van der Waals surface area contributed by atoms with Crippen molar-refractivity contribution in [3.05, 3.63) is 11.8 Å². The van der Waals surface area contributed by atoms with Gasteiger partial charge in [-0.25, -0.2) is 0 Å². The van der Waals surface area contributed by atoms with Crippen LogP contribution in [-0.2, 0) is 9.59 Å². The number of ketones is 1. The molecule has 1 saturated heterocycles. The molecule has 6 atom stereocenters. The van der Waals surface area contributed by atoms with Crippen molar-refractivity contribution in [3.63, 3.8) is 0 Å². The zero-order valence-corrected chi connectivity index (χ0v) is 19.3. The minimum absolute atomic E-state index is 0.107. The number of carbonyl (C=O) groups is 2. The normalized spacial score (nSPS) is 41.4. The predicted octanol–water partition coefficient (Wildman–Crippen LogP) is 4.55. The Hall–Kier alpha value is -1.32. The van der Waals surface area contributed by atoms with E-state index in [2.05, 4.69) is 46.9 Å². The molecule has 1 heterocycles. The summed E-state index contributed by atoms with van der Waals surface area (Å²) < 4.78 is 0. The number of nitrogens with zero attached hydrogens (tertiary/aromatic N) is 1. The third-order valence-electron chi connectivity index (χ3n) is 9.20. The van der Waals surface area contributed by atoms with Gasteiger partial charge < -0.3 is 10.2 Å². The number of nitrogens with one attached hydrogen (secondary N) is 1. The first-order valence-electron chi connectivity index (χ1n) is 11.9.